The molecule has 10 heteroatoms. The highest BCUT2D eigenvalue weighted by Gasteiger charge is 2.29. The van der Waals surface area contributed by atoms with Crippen LogP contribution in [0.25, 0.3) is 0 Å². The Morgan fingerprint density at radius 2 is 1.82 bits per heavy atom. The van der Waals surface area contributed by atoms with Gasteiger partial charge in [0.25, 0.3) is 5.69 Å². The maximum absolute atomic E-state index is 12.1. The molecule has 10 nitrogen and oxygen atoms in total. The Morgan fingerprint density at radius 3 is 2.27 bits per heavy atom. The van der Waals surface area contributed by atoms with Crippen molar-refractivity contribution in [1.29, 1.82) is 0 Å². The quantitative estimate of drug-likeness (QED) is 0.237. The van der Waals surface area contributed by atoms with Crippen LogP contribution in [0.1, 0.15) is 33.6 Å². The van der Waals surface area contributed by atoms with Gasteiger partial charge in [0.05, 0.1) is 10.5 Å². The molecule has 0 amide bonds. The Hall–Kier alpha value is -3.01. The Labute approximate surface area is 123 Å². The number of nitrogens with two attached hydrogens (primary N) is 2. The number of Topliss-reactive ketones (excluding diaryl/α,β-unsaturated/α-hetero) is 1. The first-order chi connectivity index (χ1) is 10.2. The number of nitrogen functional groups attached to an aromatic ring is 1. The van der Waals surface area contributed by atoms with Gasteiger partial charge < -0.3 is 21.7 Å². The molecule has 118 valence electrons. The molecule has 0 aliphatic carbocycles. The summed E-state index contributed by atoms with van der Waals surface area (Å²) in [6, 6.07) is 0.630. The molecule has 6 N–H and O–H groups in total. The van der Waals surface area contributed by atoms with Crippen molar-refractivity contribution in [3.05, 3.63) is 33.4 Å². The highest BCUT2D eigenvalue weighted by molar-refractivity contribution is 6.11. The summed E-state index contributed by atoms with van der Waals surface area (Å²) >= 11 is 0. The van der Waals surface area contributed by atoms with Gasteiger partial charge in [-0.15, -0.1) is 0 Å². The SMILES string of the molecule is Nc1ccc([N+](=O)[O-])c(C(=O)O)c1C(=O)CC[C@H](N)C(=O)O. The first-order valence-corrected chi connectivity index (χ1v) is 5.98. The number of ketones is 1. The lowest BCUT2D eigenvalue weighted by Gasteiger charge is -2.10. The average Bonchev–Trinajstić information content (AvgIpc) is 2.43. The summed E-state index contributed by atoms with van der Waals surface area (Å²) in [5.74, 6) is -3.82. The molecule has 1 atom stereocenters. The smallest absolute Gasteiger partial charge is 0.343 e. The average molecular weight is 311 g/mol. The maximum atomic E-state index is 12.1. The summed E-state index contributed by atoms with van der Waals surface area (Å²) < 4.78 is 0. The van der Waals surface area contributed by atoms with Crippen molar-refractivity contribution >= 4 is 29.1 Å². The van der Waals surface area contributed by atoms with E-state index in [-0.39, 0.29) is 12.1 Å². The van der Waals surface area contributed by atoms with Gasteiger partial charge in [-0.05, 0) is 12.5 Å². The Kier molecular flexibility index (Phi) is 5.13. The van der Waals surface area contributed by atoms with E-state index in [1.165, 1.54) is 0 Å². The van der Waals surface area contributed by atoms with Crippen molar-refractivity contribution in [2.45, 2.75) is 18.9 Å². The zero-order chi connectivity index (χ0) is 17.0. The third-order valence-corrected chi connectivity index (χ3v) is 2.90. The van der Waals surface area contributed by atoms with Gasteiger partial charge in [0.2, 0.25) is 0 Å². The van der Waals surface area contributed by atoms with Crippen LogP contribution in [0.4, 0.5) is 11.4 Å². The van der Waals surface area contributed by atoms with Crippen LogP contribution in [0.2, 0.25) is 0 Å². The van der Waals surface area contributed by atoms with Gasteiger partial charge in [0, 0.05) is 18.2 Å². The molecule has 1 aromatic carbocycles. The lowest BCUT2D eigenvalue weighted by Crippen LogP contribution is -2.30. The zero-order valence-electron chi connectivity index (χ0n) is 11.2. The Morgan fingerprint density at radius 1 is 1.23 bits per heavy atom. The second kappa shape index (κ2) is 6.63. The van der Waals surface area contributed by atoms with Crippen LogP contribution in [-0.4, -0.2) is 38.9 Å². The van der Waals surface area contributed by atoms with Crippen molar-refractivity contribution in [3.8, 4) is 0 Å². The van der Waals surface area contributed by atoms with E-state index >= 15 is 0 Å². The second-order valence-corrected chi connectivity index (χ2v) is 4.39. The number of rotatable bonds is 7. The number of nitro groups is 1. The number of carbonyl (C=O) groups excluding carboxylic acids is 1. The molecule has 0 aromatic heterocycles. The standard InChI is InChI=1S/C12H13N3O7/c13-5-1-3-7(15(21)22)10(12(19)20)9(5)8(16)4-2-6(14)11(17)18/h1,3,6H,2,4,13-14H2,(H,17,18)(H,19,20)/t6-/m0/s1. The van der Waals surface area contributed by atoms with Gasteiger partial charge in [-0.1, -0.05) is 0 Å². The first kappa shape index (κ1) is 17.0. The minimum Gasteiger partial charge on any atom is -0.480 e. The van der Waals surface area contributed by atoms with Crippen LogP contribution >= 0.6 is 0 Å². The summed E-state index contributed by atoms with van der Waals surface area (Å²) in [6.45, 7) is 0. The van der Waals surface area contributed by atoms with Gasteiger partial charge in [0.1, 0.15) is 11.6 Å². The number of carboxylic acids is 2. The van der Waals surface area contributed by atoms with E-state index < -0.39 is 51.9 Å². The number of carboxylic acid groups (broad SMARTS) is 2. The predicted molar refractivity (Wildman–Crippen MR) is 73.6 cm³/mol. The van der Waals surface area contributed by atoms with Crippen molar-refractivity contribution in [2.24, 2.45) is 5.73 Å². The third-order valence-electron chi connectivity index (χ3n) is 2.90. The van der Waals surface area contributed by atoms with Crippen LogP contribution in [-0.2, 0) is 4.79 Å². The molecule has 0 aliphatic heterocycles. The molecule has 0 heterocycles. The monoisotopic (exact) mass is 311 g/mol. The summed E-state index contributed by atoms with van der Waals surface area (Å²) in [5.41, 5.74) is 8.45. The molecule has 0 unspecified atom stereocenters. The van der Waals surface area contributed by atoms with Gasteiger partial charge in [-0.3, -0.25) is 19.7 Å². The highest BCUT2D eigenvalue weighted by atomic mass is 16.6. The number of hydrogen-bond donors (Lipinski definition) is 4. The van der Waals surface area contributed by atoms with Gasteiger partial charge >= 0.3 is 11.9 Å². The van der Waals surface area contributed by atoms with E-state index in [9.17, 15) is 24.5 Å². The van der Waals surface area contributed by atoms with Gasteiger partial charge in [-0.2, -0.15) is 0 Å². The fraction of sp³-hybridized carbons (Fsp3) is 0.250. The summed E-state index contributed by atoms with van der Waals surface area (Å²) in [4.78, 5) is 43.8. The largest absolute Gasteiger partial charge is 0.480 e. The Balaban J connectivity index is 3.25. The van der Waals surface area contributed by atoms with E-state index in [1.54, 1.807) is 0 Å². The zero-order valence-corrected chi connectivity index (χ0v) is 11.2. The van der Waals surface area contributed by atoms with Crippen molar-refractivity contribution < 1.29 is 29.5 Å². The topological polar surface area (TPSA) is 187 Å². The van der Waals surface area contributed by atoms with Crippen LogP contribution in [0, 0.1) is 10.1 Å². The number of nitrogens with zero attached hydrogens (tertiary/aromatic N) is 1. The molecule has 0 bridgehead atoms. The maximum Gasteiger partial charge on any atom is 0.343 e. The minimum atomic E-state index is -1.68. The predicted octanol–water partition coefficient (Wildman–Crippen LogP) is 0.250. The molecule has 0 spiro atoms. The number of nitro benzene ring substituents is 1. The first-order valence-electron chi connectivity index (χ1n) is 5.98. The van der Waals surface area contributed by atoms with Crippen molar-refractivity contribution in [3.63, 3.8) is 0 Å². The fourth-order valence-electron chi connectivity index (χ4n) is 1.81. The number of hydrogen-bond acceptors (Lipinski definition) is 7. The van der Waals surface area contributed by atoms with Gasteiger partial charge in [0.15, 0.2) is 5.78 Å². The molecule has 0 saturated heterocycles. The number of benzene rings is 1. The van der Waals surface area contributed by atoms with Crippen LogP contribution in [0.5, 0.6) is 0 Å². The normalized spacial score (nSPS) is 11.7. The molecule has 0 aliphatic rings. The molecule has 1 rings (SSSR count). The number of anilines is 1. The van der Waals surface area contributed by atoms with Crippen molar-refractivity contribution in [2.75, 3.05) is 5.73 Å². The van der Waals surface area contributed by atoms with E-state index in [0.717, 1.165) is 12.1 Å². The minimum absolute atomic E-state index is 0.239. The summed E-state index contributed by atoms with van der Waals surface area (Å²) in [6.07, 6.45) is -0.658. The lowest BCUT2D eigenvalue weighted by molar-refractivity contribution is -0.385. The molecule has 0 fully saturated rings. The molecule has 1 aromatic rings. The number of aromatic carboxylic acids is 1. The highest BCUT2D eigenvalue weighted by Crippen LogP contribution is 2.28. The van der Waals surface area contributed by atoms with Crippen LogP contribution < -0.4 is 11.5 Å². The van der Waals surface area contributed by atoms with E-state index in [4.69, 9.17) is 21.7 Å². The second-order valence-electron chi connectivity index (χ2n) is 4.39. The molecular formula is C12H13N3O7. The molecular weight excluding hydrogens is 298 g/mol. The van der Waals surface area contributed by atoms with Gasteiger partial charge in [-0.25, -0.2) is 4.79 Å². The summed E-state index contributed by atoms with van der Waals surface area (Å²) in [5, 5.41) is 28.6. The van der Waals surface area contributed by atoms with E-state index in [1.807, 2.05) is 0 Å². The summed E-state index contributed by atoms with van der Waals surface area (Å²) in [7, 11) is 0. The fourth-order valence-corrected chi connectivity index (χ4v) is 1.81. The molecule has 0 saturated carbocycles. The lowest BCUT2D eigenvalue weighted by atomic mass is 9.96. The van der Waals surface area contributed by atoms with E-state index in [0.29, 0.717) is 0 Å². The third kappa shape index (κ3) is 3.55. The molecule has 0 radical (unpaired) electrons. The number of carbonyl (C=O) groups is 3. The van der Waals surface area contributed by atoms with Crippen molar-refractivity contribution in [1.82, 2.24) is 0 Å². The van der Waals surface area contributed by atoms with Crippen LogP contribution in [0.15, 0.2) is 12.1 Å². The Bertz CT molecular complexity index is 656. The number of aliphatic carboxylic acids is 1. The molecule has 22 heavy (non-hydrogen) atoms. The van der Waals surface area contributed by atoms with Crippen LogP contribution in [0.3, 0.4) is 0 Å². The van der Waals surface area contributed by atoms with E-state index in [2.05, 4.69) is 0 Å².